The SMILES string of the molecule is CC1CCNCC1NC(=O)CN1c2cccc3cccc(c23)S1(=O)=O.Cl. The van der Waals surface area contributed by atoms with Crippen LogP contribution in [0, 0.1) is 5.92 Å². The number of hydrogen-bond donors (Lipinski definition) is 2. The van der Waals surface area contributed by atoms with Crippen LogP contribution in [0.3, 0.4) is 0 Å². The number of halogens is 1. The third kappa shape index (κ3) is 3.04. The van der Waals surface area contributed by atoms with E-state index in [1.807, 2.05) is 18.2 Å². The highest BCUT2D eigenvalue weighted by Crippen LogP contribution is 2.41. The molecule has 0 aromatic heterocycles. The molecule has 140 valence electrons. The summed E-state index contributed by atoms with van der Waals surface area (Å²) in [7, 11) is -3.69. The Bertz CT molecular complexity index is 943. The highest BCUT2D eigenvalue weighted by atomic mass is 35.5. The summed E-state index contributed by atoms with van der Waals surface area (Å²) in [6, 6.07) is 10.7. The molecule has 8 heteroatoms. The number of piperidine rings is 1. The van der Waals surface area contributed by atoms with Crippen LogP contribution in [0.1, 0.15) is 13.3 Å². The van der Waals surface area contributed by atoms with Crippen LogP contribution < -0.4 is 14.9 Å². The third-order valence-corrected chi connectivity index (χ3v) is 6.94. The zero-order chi connectivity index (χ0) is 17.6. The van der Waals surface area contributed by atoms with Crippen molar-refractivity contribution in [1.29, 1.82) is 0 Å². The minimum Gasteiger partial charge on any atom is -0.350 e. The topological polar surface area (TPSA) is 78.5 Å². The molecular weight excluding hydrogens is 374 g/mol. The molecule has 0 aliphatic carbocycles. The largest absolute Gasteiger partial charge is 0.350 e. The molecule has 1 amide bonds. The molecule has 0 saturated carbocycles. The second-order valence-corrected chi connectivity index (χ2v) is 8.62. The molecule has 26 heavy (non-hydrogen) atoms. The average molecular weight is 396 g/mol. The van der Waals surface area contributed by atoms with Crippen LogP contribution in [0.5, 0.6) is 0 Å². The Morgan fingerprint density at radius 2 is 2.00 bits per heavy atom. The third-order valence-electron chi connectivity index (χ3n) is 5.14. The first-order valence-corrected chi connectivity index (χ1v) is 9.97. The maximum absolute atomic E-state index is 12.9. The van der Waals surface area contributed by atoms with Crippen molar-refractivity contribution in [2.75, 3.05) is 23.9 Å². The fourth-order valence-electron chi connectivity index (χ4n) is 3.69. The van der Waals surface area contributed by atoms with Crippen molar-refractivity contribution in [3.05, 3.63) is 36.4 Å². The molecule has 2 aromatic rings. The van der Waals surface area contributed by atoms with Crippen molar-refractivity contribution >= 4 is 44.8 Å². The van der Waals surface area contributed by atoms with E-state index < -0.39 is 10.0 Å². The van der Waals surface area contributed by atoms with Gasteiger partial charge in [0.2, 0.25) is 5.91 Å². The highest BCUT2D eigenvalue weighted by molar-refractivity contribution is 7.93. The van der Waals surface area contributed by atoms with E-state index in [0.29, 0.717) is 17.0 Å². The van der Waals surface area contributed by atoms with E-state index in [0.717, 1.165) is 24.9 Å². The van der Waals surface area contributed by atoms with Crippen LogP contribution in [0.4, 0.5) is 5.69 Å². The van der Waals surface area contributed by atoms with Gasteiger partial charge in [0.1, 0.15) is 6.54 Å². The van der Waals surface area contributed by atoms with Crippen LogP contribution >= 0.6 is 12.4 Å². The number of anilines is 1. The predicted octanol–water partition coefficient (Wildman–Crippen LogP) is 1.88. The summed E-state index contributed by atoms with van der Waals surface area (Å²) in [5.74, 6) is 0.106. The van der Waals surface area contributed by atoms with Crippen molar-refractivity contribution in [3.63, 3.8) is 0 Å². The summed E-state index contributed by atoms with van der Waals surface area (Å²) in [6.07, 6.45) is 0.998. The number of rotatable bonds is 3. The Labute approximate surface area is 159 Å². The van der Waals surface area contributed by atoms with Crippen molar-refractivity contribution in [3.8, 4) is 0 Å². The van der Waals surface area contributed by atoms with E-state index in [2.05, 4.69) is 17.6 Å². The lowest BCUT2D eigenvalue weighted by Crippen LogP contribution is -2.52. The van der Waals surface area contributed by atoms with Gasteiger partial charge in [-0.1, -0.05) is 31.2 Å². The molecular formula is C18H22ClN3O3S. The molecule has 1 saturated heterocycles. The monoisotopic (exact) mass is 395 g/mol. The Kier molecular flexibility index (Phi) is 5.14. The molecule has 0 spiro atoms. The summed E-state index contributed by atoms with van der Waals surface area (Å²) in [4.78, 5) is 12.8. The van der Waals surface area contributed by atoms with Crippen LogP contribution in [-0.2, 0) is 14.8 Å². The minimum absolute atomic E-state index is 0. The molecule has 4 rings (SSSR count). The number of nitrogens with zero attached hydrogens (tertiary/aromatic N) is 1. The standard InChI is InChI=1S/C18H21N3O3S.ClH/c1-12-8-9-19-10-14(12)20-17(22)11-21-15-6-2-4-13-5-3-7-16(18(13)15)25(21,23)24;/h2-7,12,14,19H,8-11H2,1H3,(H,20,22);1H. The lowest BCUT2D eigenvalue weighted by atomic mass is 9.95. The summed E-state index contributed by atoms with van der Waals surface area (Å²) in [6.45, 7) is 3.58. The van der Waals surface area contributed by atoms with Gasteiger partial charge in [0.25, 0.3) is 10.0 Å². The summed E-state index contributed by atoms with van der Waals surface area (Å²) in [5.41, 5.74) is 0.582. The van der Waals surface area contributed by atoms with Gasteiger partial charge in [-0.15, -0.1) is 12.4 Å². The van der Waals surface area contributed by atoms with E-state index >= 15 is 0 Å². The van der Waals surface area contributed by atoms with Gasteiger partial charge in [-0.05, 0) is 36.4 Å². The van der Waals surface area contributed by atoms with E-state index in [9.17, 15) is 13.2 Å². The molecule has 2 unspecified atom stereocenters. The van der Waals surface area contributed by atoms with Crippen LogP contribution in [-0.4, -0.2) is 40.0 Å². The number of benzene rings is 2. The molecule has 2 aromatic carbocycles. The van der Waals surface area contributed by atoms with E-state index in [1.165, 1.54) is 4.31 Å². The minimum atomic E-state index is -3.69. The predicted molar refractivity (Wildman–Crippen MR) is 104 cm³/mol. The van der Waals surface area contributed by atoms with Crippen molar-refractivity contribution in [2.45, 2.75) is 24.3 Å². The average Bonchev–Trinajstić information content (AvgIpc) is 2.81. The number of carbonyl (C=O) groups is 1. The number of amides is 1. The van der Waals surface area contributed by atoms with Gasteiger partial charge in [-0.2, -0.15) is 0 Å². The molecule has 2 N–H and O–H groups in total. The molecule has 1 fully saturated rings. The summed E-state index contributed by atoms with van der Waals surface area (Å²) < 4.78 is 27.0. The second kappa shape index (κ2) is 7.06. The first-order chi connectivity index (χ1) is 12.0. The molecule has 2 aliphatic heterocycles. The lowest BCUT2D eigenvalue weighted by Gasteiger charge is -2.31. The first kappa shape index (κ1) is 18.9. The maximum atomic E-state index is 12.9. The fraction of sp³-hybridized carbons (Fsp3) is 0.389. The van der Waals surface area contributed by atoms with Crippen LogP contribution in [0.15, 0.2) is 41.3 Å². The van der Waals surface area contributed by atoms with Gasteiger partial charge >= 0.3 is 0 Å². The second-order valence-electron chi connectivity index (χ2n) is 6.79. The van der Waals surface area contributed by atoms with Gasteiger partial charge in [0.15, 0.2) is 0 Å². The number of sulfonamides is 1. The van der Waals surface area contributed by atoms with Gasteiger partial charge in [-0.25, -0.2) is 8.42 Å². The molecule has 0 bridgehead atoms. The number of nitrogens with one attached hydrogen (secondary N) is 2. The van der Waals surface area contributed by atoms with Gasteiger partial charge < -0.3 is 10.6 Å². The van der Waals surface area contributed by atoms with Crippen molar-refractivity contribution in [2.24, 2.45) is 5.92 Å². The molecule has 2 aliphatic rings. The van der Waals surface area contributed by atoms with Crippen molar-refractivity contribution in [1.82, 2.24) is 10.6 Å². The van der Waals surface area contributed by atoms with Crippen LogP contribution in [0.2, 0.25) is 0 Å². The zero-order valence-electron chi connectivity index (χ0n) is 14.4. The number of carbonyl (C=O) groups excluding carboxylic acids is 1. The summed E-state index contributed by atoms with van der Waals surface area (Å²) >= 11 is 0. The first-order valence-electron chi connectivity index (χ1n) is 8.53. The molecule has 2 atom stereocenters. The normalized spacial score (nSPS) is 23.5. The Balaban J connectivity index is 0.00000196. The Morgan fingerprint density at radius 3 is 2.73 bits per heavy atom. The van der Waals surface area contributed by atoms with E-state index in [4.69, 9.17) is 0 Å². The highest BCUT2D eigenvalue weighted by Gasteiger charge is 2.37. The van der Waals surface area contributed by atoms with Gasteiger partial charge in [-0.3, -0.25) is 9.10 Å². The smallest absolute Gasteiger partial charge is 0.265 e. The zero-order valence-corrected chi connectivity index (χ0v) is 16.1. The Morgan fingerprint density at radius 1 is 1.27 bits per heavy atom. The quantitative estimate of drug-likeness (QED) is 0.831. The van der Waals surface area contributed by atoms with Crippen LogP contribution in [0.25, 0.3) is 10.8 Å². The van der Waals surface area contributed by atoms with Gasteiger partial charge in [0, 0.05) is 18.0 Å². The van der Waals surface area contributed by atoms with E-state index in [-0.39, 0.29) is 35.8 Å². The molecule has 0 radical (unpaired) electrons. The molecule has 6 nitrogen and oxygen atoms in total. The fourth-order valence-corrected chi connectivity index (χ4v) is 5.36. The summed E-state index contributed by atoms with van der Waals surface area (Å²) in [5, 5.41) is 7.82. The van der Waals surface area contributed by atoms with E-state index in [1.54, 1.807) is 18.2 Å². The Hall–Kier alpha value is -1.83. The number of hydrogen-bond acceptors (Lipinski definition) is 4. The van der Waals surface area contributed by atoms with Crippen molar-refractivity contribution < 1.29 is 13.2 Å². The van der Waals surface area contributed by atoms with Gasteiger partial charge in [0.05, 0.1) is 10.6 Å². The lowest BCUT2D eigenvalue weighted by molar-refractivity contribution is -0.120. The maximum Gasteiger partial charge on any atom is 0.265 e. The molecule has 2 heterocycles.